The lowest BCUT2D eigenvalue weighted by Crippen LogP contribution is -2.40. The third-order valence-corrected chi connectivity index (χ3v) is 5.80. The van der Waals surface area contributed by atoms with Crippen molar-refractivity contribution >= 4 is 39.3 Å². The number of carbonyl (C=O) groups excluding carboxylic acids is 1. The Labute approximate surface area is 201 Å². The van der Waals surface area contributed by atoms with E-state index >= 15 is 0 Å². The number of nitriles is 1. The van der Waals surface area contributed by atoms with Gasteiger partial charge in [0.25, 0.3) is 0 Å². The topological polar surface area (TPSA) is 122 Å². The minimum Gasteiger partial charge on any atom is -0.383 e. The highest BCUT2D eigenvalue weighted by Crippen LogP contribution is 2.32. The zero-order valence-corrected chi connectivity index (χ0v) is 20.4. The number of hydrogen-bond donors (Lipinski definition) is 2. The number of aryl methyl sites for hydroxylation is 1. The molecule has 3 rings (SSSR count). The van der Waals surface area contributed by atoms with Gasteiger partial charge in [0.1, 0.15) is 23.4 Å². The van der Waals surface area contributed by atoms with Crippen LogP contribution in [0.3, 0.4) is 0 Å². The largest absolute Gasteiger partial charge is 0.383 e. The first-order valence-electron chi connectivity index (χ1n) is 10.4. The van der Waals surface area contributed by atoms with Crippen molar-refractivity contribution in [1.82, 2.24) is 9.97 Å². The molecule has 0 aromatic carbocycles. The van der Waals surface area contributed by atoms with Crippen LogP contribution in [0.2, 0.25) is 0 Å². The molecule has 0 fully saturated rings. The number of urea groups is 1. The average Bonchev–Trinajstić information content (AvgIpc) is 2.84. The first-order valence-corrected chi connectivity index (χ1v) is 11.5. The molecule has 3 heterocycles. The van der Waals surface area contributed by atoms with Gasteiger partial charge >= 0.3 is 6.03 Å². The van der Waals surface area contributed by atoms with Crippen LogP contribution >= 0.6 is 15.9 Å². The van der Waals surface area contributed by atoms with Gasteiger partial charge in [0.2, 0.25) is 6.29 Å². The van der Waals surface area contributed by atoms with Gasteiger partial charge in [-0.2, -0.15) is 5.26 Å². The van der Waals surface area contributed by atoms with Crippen molar-refractivity contribution in [2.45, 2.75) is 24.5 Å². The van der Waals surface area contributed by atoms with Crippen LogP contribution in [-0.2, 0) is 26.0 Å². The molecular weight excluding hydrogens is 492 g/mol. The number of fused-ring (bicyclic) bond motifs is 1. The van der Waals surface area contributed by atoms with Crippen molar-refractivity contribution in [3.63, 3.8) is 0 Å². The Morgan fingerprint density at radius 1 is 1.33 bits per heavy atom. The van der Waals surface area contributed by atoms with Crippen LogP contribution in [0.1, 0.15) is 35.1 Å². The molecule has 1 aliphatic heterocycles. The predicted octanol–water partition coefficient (Wildman–Crippen LogP) is 3.58. The summed E-state index contributed by atoms with van der Waals surface area (Å²) in [4.78, 5) is 23.8. The van der Waals surface area contributed by atoms with Gasteiger partial charge in [0.15, 0.2) is 0 Å². The quantitative estimate of drug-likeness (QED) is 0.293. The van der Waals surface area contributed by atoms with Gasteiger partial charge in [-0.15, -0.1) is 0 Å². The molecule has 2 aromatic rings. The number of halogens is 1. The third-order valence-electron chi connectivity index (χ3n) is 5.20. The van der Waals surface area contributed by atoms with Gasteiger partial charge < -0.3 is 19.5 Å². The van der Waals surface area contributed by atoms with E-state index in [1.807, 2.05) is 6.07 Å². The van der Waals surface area contributed by atoms with E-state index in [0.29, 0.717) is 53.6 Å². The Morgan fingerprint density at radius 2 is 2.12 bits per heavy atom. The molecule has 0 spiro atoms. The van der Waals surface area contributed by atoms with Crippen LogP contribution in [0.25, 0.3) is 0 Å². The molecular formula is C22H27BrN6O4. The summed E-state index contributed by atoms with van der Waals surface area (Å²) >= 11 is 3.50. The standard InChI is InChI=1S/C22H27BrN6O4/c1-31-8-6-25-17-10-18(26-13-16(17)12-24)27-22(30)29-7-4-5-14-9-15(11-23)19(28-20(14)29)21(32-2)33-3/h9-10,13,21H,4-8,11H2,1-3H3,(H2,25,26,27,30). The van der Waals surface area contributed by atoms with Crippen LogP contribution in [-0.4, -0.2) is 57.0 Å². The second-order valence-corrected chi connectivity index (χ2v) is 7.85. The zero-order chi connectivity index (χ0) is 23.8. The molecule has 0 unspecified atom stereocenters. The minimum absolute atomic E-state index is 0.329. The van der Waals surface area contributed by atoms with E-state index < -0.39 is 6.29 Å². The van der Waals surface area contributed by atoms with Crippen LogP contribution < -0.4 is 15.5 Å². The highest BCUT2D eigenvalue weighted by Gasteiger charge is 2.28. The number of aromatic nitrogens is 2. The van der Waals surface area contributed by atoms with Crippen molar-refractivity contribution < 1.29 is 19.0 Å². The summed E-state index contributed by atoms with van der Waals surface area (Å²) in [6, 6.07) is 5.41. The number of nitrogens with one attached hydrogen (secondary N) is 2. The number of rotatable bonds is 9. The van der Waals surface area contributed by atoms with Crippen molar-refractivity contribution in [3.8, 4) is 6.07 Å². The van der Waals surface area contributed by atoms with Gasteiger partial charge in [-0.3, -0.25) is 10.2 Å². The minimum atomic E-state index is -0.643. The molecule has 0 saturated heterocycles. The molecule has 33 heavy (non-hydrogen) atoms. The highest BCUT2D eigenvalue weighted by atomic mass is 79.9. The normalized spacial score (nSPS) is 12.9. The van der Waals surface area contributed by atoms with E-state index in [9.17, 15) is 10.1 Å². The number of hydrogen-bond acceptors (Lipinski definition) is 8. The van der Waals surface area contributed by atoms with E-state index in [4.69, 9.17) is 19.2 Å². The number of pyridine rings is 2. The first kappa shape index (κ1) is 24.9. The fraction of sp³-hybridized carbons (Fsp3) is 0.455. The first-order chi connectivity index (χ1) is 16.1. The van der Waals surface area contributed by atoms with Gasteiger partial charge in [-0.05, 0) is 30.0 Å². The predicted molar refractivity (Wildman–Crippen MR) is 128 cm³/mol. The van der Waals surface area contributed by atoms with Gasteiger partial charge in [-0.25, -0.2) is 14.8 Å². The number of amides is 2. The molecule has 2 N–H and O–H groups in total. The van der Waals surface area contributed by atoms with E-state index in [1.54, 1.807) is 32.3 Å². The monoisotopic (exact) mass is 518 g/mol. The Kier molecular flexibility index (Phi) is 8.96. The Balaban J connectivity index is 1.87. The van der Waals surface area contributed by atoms with E-state index in [0.717, 1.165) is 24.0 Å². The van der Waals surface area contributed by atoms with Crippen molar-refractivity contribution in [2.75, 3.05) is 56.6 Å². The van der Waals surface area contributed by atoms with Crippen LogP contribution in [0.4, 0.5) is 22.1 Å². The molecule has 1 aliphatic rings. The van der Waals surface area contributed by atoms with E-state index in [-0.39, 0.29) is 6.03 Å². The van der Waals surface area contributed by atoms with Crippen LogP contribution in [0.5, 0.6) is 0 Å². The third kappa shape index (κ3) is 5.78. The second kappa shape index (κ2) is 11.9. The van der Waals surface area contributed by atoms with Gasteiger partial charge in [0, 0.05) is 52.0 Å². The summed E-state index contributed by atoms with van der Waals surface area (Å²) in [5, 5.41) is 15.9. The van der Waals surface area contributed by atoms with Crippen LogP contribution in [0.15, 0.2) is 18.3 Å². The lowest BCUT2D eigenvalue weighted by Gasteiger charge is -2.30. The van der Waals surface area contributed by atoms with Gasteiger partial charge in [0.05, 0.1) is 17.9 Å². The molecule has 0 bridgehead atoms. The Morgan fingerprint density at radius 3 is 2.79 bits per heavy atom. The number of alkyl halides is 1. The molecule has 2 amide bonds. The lowest BCUT2D eigenvalue weighted by atomic mass is 10.0. The van der Waals surface area contributed by atoms with Crippen LogP contribution in [0, 0.1) is 11.3 Å². The average molecular weight is 519 g/mol. The lowest BCUT2D eigenvalue weighted by molar-refractivity contribution is -0.109. The summed E-state index contributed by atoms with van der Waals surface area (Å²) < 4.78 is 15.9. The number of ether oxygens (including phenoxy) is 3. The molecule has 2 aromatic heterocycles. The SMILES string of the molecule is COCCNc1cc(NC(=O)N2CCCc3cc(CBr)c(C(OC)OC)nc32)ncc1C#N. The summed E-state index contributed by atoms with van der Waals surface area (Å²) in [6.45, 7) is 1.51. The van der Waals surface area contributed by atoms with Gasteiger partial charge in [-0.1, -0.05) is 15.9 Å². The Hall–Kier alpha value is -2.78. The van der Waals surface area contributed by atoms with E-state index in [2.05, 4.69) is 37.6 Å². The number of methoxy groups -OCH3 is 3. The summed E-state index contributed by atoms with van der Waals surface area (Å²) in [7, 11) is 4.70. The second-order valence-electron chi connectivity index (χ2n) is 7.28. The molecule has 0 atom stereocenters. The number of anilines is 3. The molecule has 11 heteroatoms. The van der Waals surface area contributed by atoms with E-state index in [1.165, 1.54) is 6.20 Å². The van der Waals surface area contributed by atoms with Crippen molar-refractivity contribution in [3.05, 3.63) is 40.7 Å². The fourth-order valence-corrected chi connectivity index (χ4v) is 4.06. The molecule has 0 saturated carbocycles. The van der Waals surface area contributed by atoms with Crippen molar-refractivity contribution in [1.29, 1.82) is 5.26 Å². The number of carbonyl (C=O) groups is 1. The smallest absolute Gasteiger partial charge is 0.328 e. The highest BCUT2D eigenvalue weighted by molar-refractivity contribution is 9.08. The Bertz CT molecular complexity index is 1020. The fourth-order valence-electron chi connectivity index (χ4n) is 3.61. The van der Waals surface area contributed by atoms with Crippen molar-refractivity contribution in [2.24, 2.45) is 0 Å². The maximum atomic E-state index is 13.2. The zero-order valence-electron chi connectivity index (χ0n) is 18.9. The summed E-state index contributed by atoms with van der Waals surface area (Å²) in [6.07, 6.45) is 2.41. The number of nitrogens with zero attached hydrogens (tertiary/aromatic N) is 4. The molecule has 0 aliphatic carbocycles. The summed E-state index contributed by atoms with van der Waals surface area (Å²) in [5.74, 6) is 0.902. The maximum Gasteiger partial charge on any atom is 0.328 e. The molecule has 176 valence electrons. The molecule has 0 radical (unpaired) electrons. The molecule has 10 nitrogen and oxygen atoms in total. The summed E-state index contributed by atoms with van der Waals surface area (Å²) in [5.41, 5.74) is 3.51. The maximum absolute atomic E-state index is 13.2.